The third-order valence-corrected chi connectivity index (χ3v) is 5.07. The molecule has 1 aliphatic rings. The van der Waals surface area contributed by atoms with Crippen molar-refractivity contribution in [2.24, 2.45) is 0 Å². The van der Waals surface area contributed by atoms with Gasteiger partial charge in [0.05, 0.1) is 6.54 Å². The van der Waals surface area contributed by atoms with Crippen molar-refractivity contribution in [1.29, 1.82) is 0 Å². The molecule has 0 bridgehead atoms. The number of likely N-dealkylation sites (N-methyl/N-ethyl adjacent to an activating group) is 1. The number of benzene rings is 1. The van der Waals surface area contributed by atoms with Crippen LogP contribution in [0.4, 0.5) is 5.69 Å². The number of nitrogens with zero attached hydrogens (tertiary/aromatic N) is 1. The van der Waals surface area contributed by atoms with E-state index in [0.717, 1.165) is 23.4 Å². The van der Waals surface area contributed by atoms with Crippen LogP contribution in [0, 0.1) is 6.92 Å². The molecule has 0 aromatic heterocycles. The molecule has 1 saturated heterocycles. The molecule has 1 aromatic carbocycles. The predicted molar refractivity (Wildman–Crippen MR) is 87.5 cm³/mol. The highest BCUT2D eigenvalue weighted by Crippen LogP contribution is 2.23. The number of carbonyl (C=O) groups is 1. The zero-order chi connectivity index (χ0) is 14.5. The number of rotatable bonds is 5. The predicted octanol–water partition coefficient (Wildman–Crippen LogP) is 2.93. The third-order valence-electron chi connectivity index (χ3n) is 3.93. The van der Waals surface area contributed by atoms with Crippen LogP contribution in [0.3, 0.4) is 0 Å². The fourth-order valence-corrected chi connectivity index (χ4v) is 3.90. The summed E-state index contributed by atoms with van der Waals surface area (Å²) in [6, 6.07) is 6.73. The zero-order valence-electron chi connectivity index (χ0n) is 12.6. The van der Waals surface area contributed by atoms with Crippen molar-refractivity contribution in [1.82, 2.24) is 4.90 Å². The van der Waals surface area contributed by atoms with E-state index >= 15 is 0 Å². The molecule has 0 unspecified atom stereocenters. The normalized spacial score (nSPS) is 18.5. The van der Waals surface area contributed by atoms with E-state index in [-0.39, 0.29) is 5.91 Å². The van der Waals surface area contributed by atoms with E-state index in [1.165, 1.54) is 17.7 Å². The summed E-state index contributed by atoms with van der Waals surface area (Å²) in [4.78, 5) is 14.4. The van der Waals surface area contributed by atoms with Crippen LogP contribution in [0.15, 0.2) is 18.2 Å². The Morgan fingerprint density at radius 1 is 1.50 bits per heavy atom. The number of hydrogen-bond donors (Lipinski definition) is 1. The minimum atomic E-state index is 0.0911. The van der Waals surface area contributed by atoms with Crippen molar-refractivity contribution in [3.05, 3.63) is 29.3 Å². The molecule has 0 saturated carbocycles. The molecule has 4 heteroatoms. The van der Waals surface area contributed by atoms with Gasteiger partial charge in [-0.25, -0.2) is 0 Å². The van der Waals surface area contributed by atoms with E-state index in [4.69, 9.17) is 0 Å². The van der Waals surface area contributed by atoms with E-state index in [2.05, 4.69) is 30.3 Å². The summed E-state index contributed by atoms with van der Waals surface area (Å²) < 4.78 is 0. The summed E-state index contributed by atoms with van der Waals surface area (Å²) in [5, 5.41) is 3.10. The fourth-order valence-electron chi connectivity index (χ4n) is 2.61. The average Bonchev–Trinajstić information content (AvgIpc) is 2.95. The summed E-state index contributed by atoms with van der Waals surface area (Å²) in [6.07, 6.45) is 2.13. The summed E-state index contributed by atoms with van der Waals surface area (Å²) in [5.41, 5.74) is 3.34. The fraction of sp³-hybridized carbons (Fsp3) is 0.562. The van der Waals surface area contributed by atoms with Gasteiger partial charge in [-0.1, -0.05) is 25.1 Å². The molecule has 1 fully saturated rings. The number of nitrogens with one attached hydrogen (secondary N) is 1. The number of amides is 1. The van der Waals surface area contributed by atoms with Crippen molar-refractivity contribution in [2.45, 2.75) is 32.7 Å². The Hall–Kier alpha value is -1.000. The molecule has 20 heavy (non-hydrogen) atoms. The highest BCUT2D eigenvalue weighted by atomic mass is 32.2. The standard InChI is InChI=1S/C16H24N2OS/c1-4-13-7-5-6-12(2)16(13)17-15(19)10-18(3)14-8-9-20-11-14/h5-7,14H,4,8-11H2,1-3H3,(H,17,19)/t14-/m1/s1. The van der Waals surface area contributed by atoms with Gasteiger partial charge in [0.2, 0.25) is 5.91 Å². The first kappa shape index (κ1) is 15.4. The van der Waals surface area contributed by atoms with E-state index in [1.807, 2.05) is 30.8 Å². The molecule has 0 aliphatic carbocycles. The summed E-state index contributed by atoms with van der Waals surface area (Å²) >= 11 is 1.98. The molecule has 1 aromatic rings. The lowest BCUT2D eigenvalue weighted by Crippen LogP contribution is -2.38. The van der Waals surface area contributed by atoms with E-state index < -0.39 is 0 Å². The first-order valence-corrected chi connectivity index (χ1v) is 8.43. The number of anilines is 1. The Bertz CT molecular complexity index is 470. The molecule has 1 atom stereocenters. The van der Waals surface area contributed by atoms with Crippen LogP contribution in [0.1, 0.15) is 24.5 Å². The Kier molecular flexibility index (Phi) is 5.49. The molecule has 1 aliphatic heterocycles. The van der Waals surface area contributed by atoms with Crippen LogP contribution in [-0.4, -0.2) is 41.9 Å². The molecule has 0 radical (unpaired) electrons. The Labute approximate surface area is 126 Å². The molecular weight excluding hydrogens is 268 g/mol. The number of aryl methyl sites for hydroxylation is 2. The molecule has 0 spiro atoms. The summed E-state index contributed by atoms with van der Waals surface area (Å²) in [7, 11) is 2.05. The maximum atomic E-state index is 12.2. The maximum absolute atomic E-state index is 12.2. The van der Waals surface area contributed by atoms with Crippen molar-refractivity contribution >= 4 is 23.4 Å². The van der Waals surface area contributed by atoms with Gasteiger partial charge in [0.25, 0.3) is 0 Å². The second kappa shape index (κ2) is 7.14. The van der Waals surface area contributed by atoms with Gasteiger partial charge >= 0.3 is 0 Å². The molecule has 110 valence electrons. The number of para-hydroxylation sites is 1. The number of thioether (sulfide) groups is 1. The summed E-state index contributed by atoms with van der Waals surface area (Å²) in [6.45, 7) is 4.64. The van der Waals surface area contributed by atoms with Gasteiger partial charge in [0, 0.05) is 17.5 Å². The minimum absolute atomic E-state index is 0.0911. The number of carbonyl (C=O) groups excluding carboxylic acids is 1. The molecule has 1 heterocycles. The second-order valence-electron chi connectivity index (χ2n) is 5.44. The monoisotopic (exact) mass is 292 g/mol. The second-order valence-corrected chi connectivity index (χ2v) is 6.59. The van der Waals surface area contributed by atoms with E-state index in [9.17, 15) is 4.79 Å². The molecular formula is C16H24N2OS. The smallest absolute Gasteiger partial charge is 0.238 e. The molecule has 2 rings (SSSR count). The SMILES string of the molecule is CCc1cccc(C)c1NC(=O)CN(C)[C@@H]1CCSC1. The van der Waals surface area contributed by atoms with Crippen molar-refractivity contribution in [2.75, 3.05) is 30.4 Å². The first-order chi connectivity index (χ1) is 9.61. The van der Waals surface area contributed by atoms with Gasteiger partial charge in [-0.05, 0) is 43.7 Å². The van der Waals surface area contributed by atoms with Gasteiger partial charge in [-0.2, -0.15) is 11.8 Å². The summed E-state index contributed by atoms with van der Waals surface area (Å²) in [5.74, 6) is 2.45. The Balaban J connectivity index is 1.97. The van der Waals surface area contributed by atoms with Crippen LogP contribution < -0.4 is 5.32 Å². The highest BCUT2D eigenvalue weighted by Gasteiger charge is 2.21. The van der Waals surface area contributed by atoms with E-state index in [0.29, 0.717) is 12.6 Å². The zero-order valence-corrected chi connectivity index (χ0v) is 13.4. The lowest BCUT2D eigenvalue weighted by atomic mass is 10.1. The van der Waals surface area contributed by atoms with Crippen LogP contribution in [0.5, 0.6) is 0 Å². The lowest BCUT2D eigenvalue weighted by Gasteiger charge is -2.23. The Morgan fingerprint density at radius 2 is 2.30 bits per heavy atom. The lowest BCUT2D eigenvalue weighted by molar-refractivity contribution is -0.117. The first-order valence-electron chi connectivity index (χ1n) is 7.28. The quantitative estimate of drug-likeness (QED) is 0.905. The van der Waals surface area contributed by atoms with Crippen LogP contribution in [-0.2, 0) is 11.2 Å². The van der Waals surface area contributed by atoms with Gasteiger partial charge in [-0.3, -0.25) is 9.69 Å². The topological polar surface area (TPSA) is 32.3 Å². The average molecular weight is 292 g/mol. The van der Waals surface area contributed by atoms with Crippen LogP contribution >= 0.6 is 11.8 Å². The minimum Gasteiger partial charge on any atom is -0.324 e. The van der Waals surface area contributed by atoms with Crippen LogP contribution in [0.2, 0.25) is 0 Å². The Morgan fingerprint density at radius 3 is 2.95 bits per heavy atom. The van der Waals surface area contributed by atoms with Crippen molar-refractivity contribution in [3.8, 4) is 0 Å². The maximum Gasteiger partial charge on any atom is 0.238 e. The highest BCUT2D eigenvalue weighted by molar-refractivity contribution is 7.99. The van der Waals surface area contributed by atoms with Gasteiger partial charge < -0.3 is 5.32 Å². The molecule has 1 N–H and O–H groups in total. The molecule has 3 nitrogen and oxygen atoms in total. The van der Waals surface area contributed by atoms with Crippen LogP contribution in [0.25, 0.3) is 0 Å². The van der Waals surface area contributed by atoms with Crippen molar-refractivity contribution < 1.29 is 4.79 Å². The number of hydrogen-bond acceptors (Lipinski definition) is 3. The van der Waals surface area contributed by atoms with Gasteiger partial charge in [0.15, 0.2) is 0 Å². The van der Waals surface area contributed by atoms with Gasteiger partial charge in [0.1, 0.15) is 0 Å². The van der Waals surface area contributed by atoms with Crippen molar-refractivity contribution in [3.63, 3.8) is 0 Å². The largest absolute Gasteiger partial charge is 0.324 e. The molecule has 1 amide bonds. The van der Waals surface area contributed by atoms with E-state index in [1.54, 1.807) is 0 Å². The van der Waals surface area contributed by atoms with Gasteiger partial charge in [-0.15, -0.1) is 0 Å². The third kappa shape index (κ3) is 3.76.